The lowest BCUT2D eigenvalue weighted by atomic mass is 10.1. The quantitative estimate of drug-likeness (QED) is 0.847. The average Bonchev–Trinajstić information content (AvgIpc) is 2.31. The van der Waals surface area contributed by atoms with Crippen LogP contribution in [0.5, 0.6) is 0 Å². The monoisotopic (exact) mass is 270 g/mol. The number of hydrogen-bond acceptors (Lipinski definition) is 2. The van der Waals surface area contributed by atoms with Gasteiger partial charge in [-0.3, -0.25) is 4.79 Å². The third kappa shape index (κ3) is 3.62. The van der Waals surface area contributed by atoms with Crippen molar-refractivity contribution < 1.29 is 4.79 Å². The summed E-state index contributed by atoms with van der Waals surface area (Å²) in [7, 11) is 1.63. The first kappa shape index (κ1) is 13.8. The second-order valence-corrected chi connectivity index (χ2v) is 4.68. The highest BCUT2D eigenvalue weighted by molar-refractivity contribution is 6.35. The van der Waals surface area contributed by atoms with Crippen LogP contribution in [0.15, 0.2) is 18.2 Å². The van der Waals surface area contributed by atoms with Gasteiger partial charge in [0.25, 0.3) is 5.91 Å². The topological polar surface area (TPSA) is 44.1 Å². The molecule has 1 unspecified atom stereocenters. The van der Waals surface area contributed by atoms with Crippen LogP contribution in [0.3, 0.4) is 0 Å². The highest BCUT2D eigenvalue weighted by Crippen LogP contribution is 2.22. The van der Waals surface area contributed by atoms with Crippen molar-refractivity contribution in [2.75, 3.05) is 13.6 Å². The van der Waals surface area contributed by atoms with Crippen molar-refractivity contribution in [2.24, 2.45) is 5.92 Å². The van der Waals surface area contributed by atoms with Crippen molar-refractivity contribution in [1.29, 1.82) is 5.26 Å². The van der Waals surface area contributed by atoms with Gasteiger partial charge in [-0.05, 0) is 25.1 Å². The average molecular weight is 271 g/mol. The molecule has 1 aromatic rings. The van der Waals surface area contributed by atoms with Crippen LogP contribution in [-0.4, -0.2) is 24.4 Å². The Morgan fingerprint density at radius 2 is 2.18 bits per heavy atom. The van der Waals surface area contributed by atoms with E-state index in [0.717, 1.165) is 0 Å². The molecular formula is C12H12Cl2N2O. The van der Waals surface area contributed by atoms with E-state index in [2.05, 4.69) is 6.07 Å². The van der Waals surface area contributed by atoms with E-state index in [4.69, 9.17) is 28.5 Å². The minimum atomic E-state index is -0.236. The van der Waals surface area contributed by atoms with Gasteiger partial charge in [-0.15, -0.1) is 0 Å². The number of nitriles is 1. The number of nitrogens with zero attached hydrogens (tertiary/aromatic N) is 2. The van der Waals surface area contributed by atoms with Crippen LogP contribution in [0.25, 0.3) is 0 Å². The molecular weight excluding hydrogens is 259 g/mol. The molecule has 0 bridgehead atoms. The first-order chi connectivity index (χ1) is 7.95. The molecule has 3 nitrogen and oxygen atoms in total. The molecule has 0 radical (unpaired) electrons. The highest BCUT2D eigenvalue weighted by Gasteiger charge is 2.17. The first-order valence-electron chi connectivity index (χ1n) is 5.06. The Morgan fingerprint density at radius 1 is 1.53 bits per heavy atom. The molecule has 5 heteroatoms. The van der Waals surface area contributed by atoms with E-state index in [1.165, 1.54) is 11.0 Å². The Hall–Kier alpha value is -1.24. The van der Waals surface area contributed by atoms with E-state index in [0.29, 0.717) is 22.2 Å². The predicted molar refractivity (Wildman–Crippen MR) is 68.2 cm³/mol. The van der Waals surface area contributed by atoms with Gasteiger partial charge in [-0.2, -0.15) is 5.26 Å². The molecule has 90 valence electrons. The Kier molecular flexibility index (Phi) is 4.80. The Bertz CT molecular complexity index is 468. The Labute approximate surface area is 111 Å². The van der Waals surface area contributed by atoms with Crippen LogP contribution >= 0.6 is 23.2 Å². The molecule has 0 aliphatic carbocycles. The van der Waals surface area contributed by atoms with Crippen molar-refractivity contribution in [2.45, 2.75) is 6.92 Å². The van der Waals surface area contributed by atoms with Gasteiger partial charge in [0.05, 0.1) is 22.6 Å². The minimum Gasteiger partial charge on any atom is -0.340 e. The number of rotatable bonds is 3. The van der Waals surface area contributed by atoms with Gasteiger partial charge in [0.2, 0.25) is 0 Å². The normalized spacial score (nSPS) is 11.7. The summed E-state index contributed by atoms with van der Waals surface area (Å²) in [5.74, 6) is -0.457. The maximum absolute atomic E-state index is 12.0. The summed E-state index contributed by atoms with van der Waals surface area (Å²) < 4.78 is 0. The van der Waals surface area contributed by atoms with Crippen LogP contribution in [0, 0.1) is 17.2 Å². The van der Waals surface area contributed by atoms with Gasteiger partial charge in [0.15, 0.2) is 0 Å². The predicted octanol–water partition coefficient (Wildman–Crippen LogP) is 3.23. The van der Waals surface area contributed by atoms with Gasteiger partial charge in [-0.25, -0.2) is 0 Å². The largest absolute Gasteiger partial charge is 0.340 e. The fourth-order valence-corrected chi connectivity index (χ4v) is 1.77. The van der Waals surface area contributed by atoms with E-state index in [1.807, 2.05) is 0 Å². The van der Waals surface area contributed by atoms with Crippen LogP contribution in [0.1, 0.15) is 17.3 Å². The van der Waals surface area contributed by atoms with Crippen LogP contribution < -0.4 is 0 Å². The van der Waals surface area contributed by atoms with Crippen molar-refractivity contribution in [3.05, 3.63) is 33.8 Å². The lowest BCUT2D eigenvalue weighted by Crippen LogP contribution is -2.30. The van der Waals surface area contributed by atoms with E-state index in [9.17, 15) is 4.79 Å². The number of carbonyl (C=O) groups is 1. The lowest BCUT2D eigenvalue weighted by molar-refractivity contribution is 0.0785. The van der Waals surface area contributed by atoms with Crippen molar-refractivity contribution >= 4 is 29.1 Å². The third-order valence-electron chi connectivity index (χ3n) is 2.27. The summed E-state index contributed by atoms with van der Waals surface area (Å²) >= 11 is 11.8. The zero-order valence-corrected chi connectivity index (χ0v) is 11.1. The molecule has 0 aliphatic heterocycles. The van der Waals surface area contributed by atoms with E-state index in [-0.39, 0.29) is 11.8 Å². The summed E-state index contributed by atoms with van der Waals surface area (Å²) in [6.07, 6.45) is 0. The molecule has 0 aromatic heterocycles. The number of halogens is 2. The zero-order valence-electron chi connectivity index (χ0n) is 9.58. The van der Waals surface area contributed by atoms with Crippen LogP contribution in [-0.2, 0) is 0 Å². The van der Waals surface area contributed by atoms with Crippen molar-refractivity contribution in [1.82, 2.24) is 4.90 Å². The Morgan fingerprint density at radius 3 is 2.76 bits per heavy atom. The molecule has 1 aromatic carbocycles. The first-order valence-corrected chi connectivity index (χ1v) is 5.81. The molecule has 0 spiro atoms. The molecule has 0 saturated heterocycles. The molecule has 0 heterocycles. The smallest absolute Gasteiger partial charge is 0.255 e. The summed E-state index contributed by atoms with van der Waals surface area (Å²) in [5.41, 5.74) is 0.354. The molecule has 0 aliphatic rings. The second kappa shape index (κ2) is 5.90. The summed E-state index contributed by atoms with van der Waals surface area (Å²) in [5, 5.41) is 9.51. The highest BCUT2D eigenvalue weighted by atomic mass is 35.5. The second-order valence-electron chi connectivity index (χ2n) is 3.84. The number of carbonyl (C=O) groups excluding carboxylic acids is 1. The zero-order chi connectivity index (χ0) is 13.0. The van der Waals surface area contributed by atoms with Crippen molar-refractivity contribution in [3.63, 3.8) is 0 Å². The summed E-state index contributed by atoms with van der Waals surface area (Å²) in [6, 6.07) is 6.81. The van der Waals surface area contributed by atoms with Gasteiger partial charge in [0.1, 0.15) is 0 Å². The SMILES string of the molecule is CC(C#N)CN(C)C(=O)c1cc(Cl)ccc1Cl. The van der Waals surface area contributed by atoms with E-state index < -0.39 is 0 Å². The van der Waals surface area contributed by atoms with E-state index >= 15 is 0 Å². The summed E-state index contributed by atoms with van der Waals surface area (Å²) in [6.45, 7) is 2.11. The molecule has 1 atom stereocenters. The maximum atomic E-state index is 12.0. The van der Waals surface area contributed by atoms with Gasteiger partial charge < -0.3 is 4.90 Å². The number of hydrogen-bond donors (Lipinski definition) is 0. The summed E-state index contributed by atoms with van der Waals surface area (Å²) in [4.78, 5) is 13.5. The molecule has 1 amide bonds. The van der Waals surface area contributed by atoms with E-state index in [1.54, 1.807) is 26.1 Å². The molecule has 17 heavy (non-hydrogen) atoms. The maximum Gasteiger partial charge on any atom is 0.255 e. The fraction of sp³-hybridized carbons (Fsp3) is 0.333. The molecule has 1 rings (SSSR count). The number of amides is 1. The van der Waals surface area contributed by atoms with Crippen LogP contribution in [0.4, 0.5) is 0 Å². The van der Waals surface area contributed by atoms with Gasteiger partial charge in [-0.1, -0.05) is 23.2 Å². The van der Waals surface area contributed by atoms with Crippen molar-refractivity contribution in [3.8, 4) is 6.07 Å². The molecule has 0 fully saturated rings. The molecule has 0 N–H and O–H groups in total. The molecule has 0 saturated carbocycles. The minimum absolute atomic E-state index is 0.220. The number of benzene rings is 1. The van der Waals surface area contributed by atoms with Gasteiger partial charge in [0, 0.05) is 18.6 Å². The lowest BCUT2D eigenvalue weighted by Gasteiger charge is -2.19. The van der Waals surface area contributed by atoms with Crippen LogP contribution in [0.2, 0.25) is 10.0 Å². The standard InChI is InChI=1S/C12H12Cl2N2O/c1-8(6-15)7-16(2)12(17)10-5-9(13)3-4-11(10)14/h3-5,8H,7H2,1-2H3. The Balaban J connectivity index is 2.89. The third-order valence-corrected chi connectivity index (χ3v) is 2.84. The fourth-order valence-electron chi connectivity index (χ4n) is 1.40. The van der Waals surface area contributed by atoms with Gasteiger partial charge >= 0.3 is 0 Å².